The Labute approximate surface area is 124 Å². The maximum absolute atomic E-state index is 12.2. The third kappa shape index (κ3) is 3.03. The van der Waals surface area contributed by atoms with E-state index in [9.17, 15) is 8.42 Å². The Hall–Kier alpha value is -1.78. The molecule has 0 unspecified atom stereocenters. The number of hydrogen-bond acceptors (Lipinski definition) is 2. The molecule has 0 saturated carbocycles. The lowest BCUT2D eigenvalue weighted by molar-refractivity contribution is 0.601. The molecule has 0 saturated heterocycles. The molecular weight excluding hydrogens is 294 g/mol. The number of benzene rings is 2. The number of halogens is 1. The molecule has 0 heterocycles. The van der Waals surface area contributed by atoms with Gasteiger partial charge in [-0.25, -0.2) is 8.42 Å². The fraction of sp³-hybridized carbons (Fsp3) is 0.0667. The highest BCUT2D eigenvalue weighted by Crippen LogP contribution is 2.31. The van der Waals surface area contributed by atoms with Crippen LogP contribution < -0.4 is 4.72 Å². The molecule has 5 heteroatoms. The van der Waals surface area contributed by atoms with Crippen molar-refractivity contribution in [3.63, 3.8) is 0 Å². The van der Waals surface area contributed by atoms with E-state index in [0.29, 0.717) is 10.7 Å². The molecule has 0 atom stereocenters. The number of sulfonamides is 1. The number of hydrogen-bond donors (Lipinski definition) is 1. The molecule has 20 heavy (non-hydrogen) atoms. The molecule has 2 aromatic rings. The Bertz CT molecular complexity index is 740. The predicted molar refractivity (Wildman–Crippen MR) is 83.4 cm³/mol. The van der Waals surface area contributed by atoms with Crippen LogP contribution in [0.15, 0.2) is 60.0 Å². The average molecular weight is 308 g/mol. The molecule has 0 aliphatic heterocycles. The second kappa shape index (κ2) is 5.69. The zero-order chi connectivity index (χ0) is 14.8. The predicted octanol–water partition coefficient (Wildman–Crippen LogP) is 4.17. The average Bonchev–Trinajstić information content (AvgIpc) is 2.41. The second-order valence-corrected chi connectivity index (χ2v) is 6.43. The summed E-state index contributed by atoms with van der Waals surface area (Å²) in [5, 5.41) is 0.347. The molecule has 0 fully saturated rings. The van der Waals surface area contributed by atoms with Crippen molar-refractivity contribution in [2.75, 3.05) is 4.72 Å². The van der Waals surface area contributed by atoms with Gasteiger partial charge in [0.05, 0.1) is 15.6 Å². The zero-order valence-electron chi connectivity index (χ0n) is 10.9. The minimum atomic E-state index is -3.64. The van der Waals surface area contributed by atoms with Gasteiger partial charge in [0, 0.05) is 0 Å². The third-order valence-corrected chi connectivity index (χ3v) is 4.54. The highest BCUT2D eigenvalue weighted by molar-refractivity contribution is 7.92. The van der Waals surface area contributed by atoms with Gasteiger partial charge in [-0.05, 0) is 36.3 Å². The Balaban J connectivity index is 2.41. The monoisotopic (exact) mass is 307 g/mol. The number of allylic oxidation sites excluding steroid dienone is 1. The maximum atomic E-state index is 12.2. The fourth-order valence-electron chi connectivity index (χ4n) is 1.74. The molecule has 104 valence electrons. The largest absolute Gasteiger partial charge is 0.278 e. The van der Waals surface area contributed by atoms with Crippen LogP contribution in [0.3, 0.4) is 0 Å². The summed E-state index contributed by atoms with van der Waals surface area (Å²) in [7, 11) is -3.64. The molecule has 0 aliphatic rings. The normalized spacial score (nSPS) is 11.1. The summed E-state index contributed by atoms with van der Waals surface area (Å²) in [5.74, 6) is 0. The van der Waals surface area contributed by atoms with Crippen LogP contribution in [0.1, 0.15) is 12.5 Å². The van der Waals surface area contributed by atoms with Gasteiger partial charge in [-0.2, -0.15) is 0 Å². The van der Waals surface area contributed by atoms with Gasteiger partial charge in [0.2, 0.25) is 0 Å². The lowest BCUT2D eigenvalue weighted by atomic mass is 10.1. The first kappa shape index (κ1) is 14.6. The summed E-state index contributed by atoms with van der Waals surface area (Å²) in [5.41, 5.74) is 1.84. The van der Waals surface area contributed by atoms with E-state index in [0.717, 1.165) is 11.1 Å². The van der Waals surface area contributed by atoms with Crippen molar-refractivity contribution in [3.05, 3.63) is 65.7 Å². The summed E-state index contributed by atoms with van der Waals surface area (Å²) in [6, 6.07) is 13.3. The summed E-state index contributed by atoms with van der Waals surface area (Å²) >= 11 is 6.21. The number of anilines is 1. The summed E-state index contributed by atoms with van der Waals surface area (Å²) in [6.45, 7) is 5.64. The van der Waals surface area contributed by atoms with Gasteiger partial charge in [-0.1, -0.05) is 48.5 Å². The molecule has 1 N–H and O–H groups in total. The third-order valence-electron chi connectivity index (χ3n) is 2.76. The van der Waals surface area contributed by atoms with Gasteiger partial charge in [-0.3, -0.25) is 4.72 Å². The van der Waals surface area contributed by atoms with Gasteiger partial charge in [-0.15, -0.1) is 0 Å². The smallest absolute Gasteiger partial charge is 0.261 e. The number of rotatable bonds is 4. The zero-order valence-corrected chi connectivity index (χ0v) is 12.5. The van der Waals surface area contributed by atoms with Crippen molar-refractivity contribution >= 4 is 32.9 Å². The Kier molecular flexibility index (Phi) is 4.16. The lowest BCUT2D eigenvalue weighted by Crippen LogP contribution is -2.13. The van der Waals surface area contributed by atoms with Gasteiger partial charge >= 0.3 is 0 Å². The van der Waals surface area contributed by atoms with Crippen LogP contribution in [-0.2, 0) is 10.0 Å². The van der Waals surface area contributed by atoms with Crippen molar-refractivity contribution in [2.45, 2.75) is 11.8 Å². The van der Waals surface area contributed by atoms with Gasteiger partial charge < -0.3 is 0 Å². The summed E-state index contributed by atoms with van der Waals surface area (Å²) < 4.78 is 27.0. The molecular formula is C15H14ClNO2S. The van der Waals surface area contributed by atoms with Crippen molar-refractivity contribution in [1.82, 2.24) is 0 Å². The van der Waals surface area contributed by atoms with Crippen LogP contribution in [0.5, 0.6) is 0 Å². The van der Waals surface area contributed by atoms with E-state index in [4.69, 9.17) is 11.6 Å². The van der Waals surface area contributed by atoms with E-state index < -0.39 is 10.0 Å². The van der Waals surface area contributed by atoms with Crippen molar-refractivity contribution in [2.24, 2.45) is 0 Å². The van der Waals surface area contributed by atoms with E-state index in [2.05, 4.69) is 11.3 Å². The Morgan fingerprint density at radius 2 is 1.75 bits per heavy atom. The SMILES string of the molecule is C=C(C)c1cccc(NS(=O)(=O)c2ccccc2)c1Cl. The molecule has 0 amide bonds. The van der Waals surface area contributed by atoms with E-state index in [1.54, 1.807) is 36.4 Å². The topological polar surface area (TPSA) is 46.2 Å². The molecule has 0 spiro atoms. The molecule has 2 rings (SSSR count). The standard InChI is InChI=1S/C15H14ClNO2S/c1-11(2)13-9-6-10-14(15(13)16)17-20(18,19)12-7-4-3-5-8-12/h3-10,17H,1H2,2H3. The van der Waals surface area contributed by atoms with Gasteiger partial charge in [0.1, 0.15) is 0 Å². The quantitative estimate of drug-likeness (QED) is 0.921. The van der Waals surface area contributed by atoms with E-state index >= 15 is 0 Å². The summed E-state index contributed by atoms with van der Waals surface area (Å²) in [6.07, 6.45) is 0. The van der Waals surface area contributed by atoms with Crippen LogP contribution in [0, 0.1) is 0 Å². The first-order valence-corrected chi connectivity index (χ1v) is 7.80. The minimum Gasteiger partial charge on any atom is -0.278 e. The van der Waals surface area contributed by atoms with Crippen LogP contribution >= 0.6 is 11.6 Å². The Morgan fingerprint density at radius 3 is 2.35 bits per heavy atom. The maximum Gasteiger partial charge on any atom is 0.261 e. The van der Waals surface area contributed by atoms with Crippen LogP contribution in [0.4, 0.5) is 5.69 Å². The van der Waals surface area contributed by atoms with Crippen molar-refractivity contribution in [1.29, 1.82) is 0 Å². The van der Waals surface area contributed by atoms with E-state index in [-0.39, 0.29) is 4.90 Å². The minimum absolute atomic E-state index is 0.191. The van der Waals surface area contributed by atoms with Crippen molar-refractivity contribution < 1.29 is 8.42 Å². The van der Waals surface area contributed by atoms with E-state index in [1.807, 2.05) is 6.92 Å². The van der Waals surface area contributed by atoms with Crippen LogP contribution in [0.2, 0.25) is 5.02 Å². The molecule has 0 radical (unpaired) electrons. The molecule has 2 aromatic carbocycles. The van der Waals surface area contributed by atoms with Gasteiger partial charge in [0.25, 0.3) is 10.0 Å². The van der Waals surface area contributed by atoms with Crippen molar-refractivity contribution in [3.8, 4) is 0 Å². The number of nitrogens with one attached hydrogen (secondary N) is 1. The highest BCUT2D eigenvalue weighted by Gasteiger charge is 2.16. The Morgan fingerprint density at radius 1 is 1.10 bits per heavy atom. The fourth-order valence-corrected chi connectivity index (χ4v) is 3.23. The first-order valence-electron chi connectivity index (χ1n) is 5.94. The lowest BCUT2D eigenvalue weighted by Gasteiger charge is -2.12. The first-order chi connectivity index (χ1) is 9.42. The van der Waals surface area contributed by atoms with Crippen LogP contribution in [0.25, 0.3) is 5.57 Å². The van der Waals surface area contributed by atoms with E-state index in [1.165, 1.54) is 12.1 Å². The molecule has 3 nitrogen and oxygen atoms in total. The highest BCUT2D eigenvalue weighted by atomic mass is 35.5. The molecule has 0 bridgehead atoms. The molecule has 0 aromatic heterocycles. The molecule has 0 aliphatic carbocycles. The second-order valence-electron chi connectivity index (χ2n) is 4.37. The van der Waals surface area contributed by atoms with Gasteiger partial charge in [0.15, 0.2) is 0 Å². The summed E-state index contributed by atoms with van der Waals surface area (Å²) in [4.78, 5) is 0.191. The van der Waals surface area contributed by atoms with Crippen LogP contribution in [-0.4, -0.2) is 8.42 Å².